The van der Waals surface area contributed by atoms with Gasteiger partial charge in [0.25, 0.3) is 0 Å². The summed E-state index contributed by atoms with van der Waals surface area (Å²) >= 11 is 3.62. The zero-order valence-electron chi connectivity index (χ0n) is 10.8. The number of nitrogens with one attached hydrogen (secondary N) is 2. The van der Waals surface area contributed by atoms with Crippen LogP contribution in [0.4, 0.5) is 0 Å². The summed E-state index contributed by atoms with van der Waals surface area (Å²) in [6.07, 6.45) is 2.16. The van der Waals surface area contributed by atoms with Crippen LogP contribution in [0, 0.1) is 0 Å². The molecule has 4 nitrogen and oxygen atoms in total. The molecule has 0 amide bonds. The molecule has 2 heterocycles. The number of halogens is 1. The lowest BCUT2D eigenvalue weighted by molar-refractivity contribution is 0.288. The highest BCUT2D eigenvalue weighted by Crippen LogP contribution is 2.33. The number of nitrogens with zero attached hydrogens (tertiary/aromatic N) is 1. The fraction of sp³-hybridized carbons (Fsp3) is 0.357. The highest BCUT2D eigenvalue weighted by molar-refractivity contribution is 9.10. The Labute approximate surface area is 120 Å². The van der Waals surface area contributed by atoms with Gasteiger partial charge in [0, 0.05) is 12.1 Å². The van der Waals surface area contributed by atoms with Crippen LogP contribution >= 0.6 is 15.9 Å². The molecular formula is C14H16BrN3O. The Hall–Kier alpha value is -1.33. The van der Waals surface area contributed by atoms with E-state index < -0.39 is 0 Å². The molecule has 1 aromatic heterocycles. The summed E-state index contributed by atoms with van der Waals surface area (Å²) in [6, 6.07) is 6.29. The van der Waals surface area contributed by atoms with Crippen LogP contribution in [0.1, 0.15) is 17.7 Å². The van der Waals surface area contributed by atoms with E-state index in [0.717, 1.165) is 53.2 Å². The van der Waals surface area contributed by atoms with Crippen molar-refractivity contribution in [3.8, 4) is 17.0 Å². The van der Waals surface area contributed by atoms with Crippen molar-refractivity contribution >= 4 is 15.9 Å². The zero-order chi connectivity index (χ0) is 13.2. The summed E-state index contributed by atoms with van der Waals surface area (Å²) in [7, 11) is 1.92. The molecule has 5 heteroatoms. The SMILES string of the molecule is CNCc1[nH]nc(-c2ccc3c(c2)CCCO3)c1Br. The van der Waals surface area contributed by atoms with Gasteiger partial charge in [-0.25, -0.2) is 0 Å². The number of H-pyrrole nitrogens is 1. The highest BCUT2D eigenvalue weighted by Gasteiger charge is 2.15. The van der Waals surface area contributed by atoms with Crippen molar-refractivity contribution in [3.63, 3.8) is 0 Å². The van der Waals surface area contributed by atoms with E-state index in [1.54, 1.807) is 0 Å². The van der Waals surface area contributed by atoms with Gasteiger partial charge in [0.15, 0.2) is 0 Å². The first-order valence-corrected chi connectivity index (χ1v) is 7.22. The third-order valence-corrected chi connectivity index (χ3v) is 4.17. The molecule has 0 unspecified atom stereocenters. The van der Waals surface area contributed by atoms with Gasteiger partial charge in [-0.05, 0) is 59.6 Å². The minimum atomic E-state index is 0.766. The smallest absolute Gasteiger partial charge is 0.122 e. The minimum Gasteiger partial charge on any atom is -0.493 e. The molecule has 0 radical (unpaired) electrons. The summed E-state index contributed by atoms with van der Waals surface area (Å²) < 4.78 is 6.66. The lowest BCUT2D eigenvalue weighted by Crippen LogP contribution is -2.08. The van der Waals surface area contributed by atoms with Crippen molar-refractivity contribution in [2.24, 2.45) is 0 Å². The van der Waals surface area contributed by atoms with Crippen molar-refractivity contribution in [2.45, 2.75) is 19.4 Å². The van der Waals surface area contributed by atoms with E-state index in [9.17, 15) is 0 Å². The molecular weight excluding hydrogens is 306 g/mol. The average Bonchev–Trinajstić information content (AvgIpc) is 2.80. The van der Waals surface area contributed by atoms with E-state index >= 15 is 0 Å². The molecule has 0 bridgehead atoms. The topological polar surface area (TPSA) is 49.9 Å². The molecule has 0 saturated carbocycles. The molecule has 0 atom stereocenters. The van der Waals surface area contributed by atoms with Crippen molar-refractivity contribution in [1.29, 1.82) is 0 Å². The van der Waals surface area contributed by atoms with Crippen LogP contribution in [0.5, 0.6) is 5.75 Å². The number of ether oxygens (including phenoxy) is 1. The third kappa shape index (κ3) is 2.40. The van der Waals surface area contributed by atoms with Gasteiger partial charge in [-0.15, -0.1) is 0 Å². The molecule has 1 aromatic carbocycles. The van der Waals surface area contributed by atoms with Crippen LogP contribution < -0.4 is 10.1 Å². The number of hydrogen-bond acceptors (Lipinski definition) is 3. The fourth-order valence-electron chi connectivity index (χ4n) is 2.36. The third-order valence-electron chi connectivity index (χ3n) is 3.31. The number of aromatic nitrogens is 2. The maximum absolute atomic E-state index is 5.64. The largest absolute Gasteiger partial charge is 0.493 e. The van der Waals surface area contributed by atoms with Crippen LogP contribution in [0.25, 0.3) is 11.3 Å². The average molecular weight is 322 g/mol. The van der Waals surface area contributed by atoms with Gasteiger partial charge in [0.2, 0.25) is 0 Å². The molecule has 2 aromatic rings. The van der Waals surface area contributed by atoms with E-state index in [1.807, 2.05) is 13.1 Å². The van der Waals surface area contributed by atoms with Gasteiger partial charge in [-0.3, -0.25) is 5.10 Å². The lowest BCUT2D eigenvalue weighted by atomic mass is 10.0. The maximum atomic E-state index is 5.64. The number of rotatable bonds is 3. The molecule has 0 fully saturated rings. The van der Waals surface area contributed by atoms with Gasteiger partial charge in [0.05, 0.1) is 16.8 Å². The Bertz CT molecular complexity index is 594. The molecule has 1 aliphatic heterocycles. The summed E-state index contributed by atoms with van der Waals surface area (Å²) in [5, 5.41) is 10.6. The molecule has 0 aliphatic carbocycles. The van der Waals surface area contributed by atoms with Crippen LogP contribution in [0.3, 0.4) is 0 Å². The maximum Gasteiger partial charge on any atom is 0.122 e. The first-order chi connectivity index (χ1) is 9.29. The quantitative estimate of drug-likeness (QED) is 0.914. The van der Waals surface area contributed by atoms with Crippen LogP contribution in [0.15, 0.2) is 22.7 Å². The van der Waals surface area contributed by atoms with E-state index in [2.05, 4.69) is 43.6 Å². The number of benzene rings is 1. The van der Waals surface area contributed by atoms with E-state index in [4.69, 9.17) is 4.74 Å². The molecule has 19 heavy (non-hydrogen) atoms. The molecule has 100 valence electrons. The second kappa shape index (κ2) is 5.35. The fourth-order valence-corrected chi connectivity index (χ4v) is 2.90. The molecule has 2 N–H and O–H groups in total. The number of aromatic amines is 1. The lowest BCUT2D eigenvalue weighted by Gasteiger charge is -2.17. The van der Waals surface area contributed by atoms with Gasteiger partial charge in [0.1, 0.15) is 11.4 Å². The zero-order valence-corrected chi connectivity index (χ0v) is 12.4. The summed E-state index contributed by atoms with van der Waals surface area (Å²) in [6.45, 7) is 1.59. The monoisotopic (exact) mass is 321 g/mol. The Morgan fingerprint density at radius 2 is 2.37 bits per heavy atom. The van der Waals surface area contributed by atoms with E-state index in [-0.39, 0.29) is 0 Å². The summed E-state index contributed by atoms with van der Waals surface area (Å²) in [5.74, 6) is 1.01. The normalized spacial score (nSPS) is 14.0. The van der Waals surface area contributed by atoms with Crippen molar-refractivity contribution in [3.05, 3.63) is 33.9 Å². The van der Waals surface area contributed by atoms with Crippen LogP contribution in [0.2, 0.25) is 0 Å². The summed E-state index contributed by atoms with van der Waals surface area (Å²) in [4.78, 5) is 0. The number of fused-ring (bicyclic) bond motifs is 1. The Kier molecular flexibility index (Phi) is 3.57. The highest BCUT2D eigenvalue weighted by atomic mass is 79.9. The Morgan fingerprint density at radius 3 is 3.21 bits per heavy atom. The number of aryl methyl sites for hydroxylation is 1. The standard InChI is InChI=1S/C14H16BrN3O/c1-16-8-11-13(15)14(18-17-11)10-4-5-12-9(7-10)3-2-6-19-12/h4-5,7,16H,2-3,6,8H2,1H3,(H,17,18). The van der Waals surface area contributed by atoms with Crippen molar-refractivity contribution < 1.29 is 4.74 Å². The molecule has 3 rings (SSSR count). The Balaban J connectivity index is 1.98. The van der Waals surface area contributed by atoms with Gasteiger partial charge < -0.3 is 10.1 Å². The van der Waals surface area contributed by atoms with E-state index in [1.165, 1.54) is 5.56 Å². The van der Waals surface area contributed by atoms with Crippen molar-refractivity contribution in [2.75, 3.05) is 13.7 Å². The second-order valence-electron chi connectivity index (χ2n) is 4.67. The molecule has 0 saturated heterocycles. The van der Waals surface area contributed by atoms with Gasteiger partial charge in [-0.1, -0.05) is 0 Å². The van der Waals surface area contributed by atoms with Crippen LogP contribution in [-0.4, -0.2) is 23.9 Å². The summed E-state index contributed by atoms with van der Waals surface area (Å²) in [5.41, 5.74) is 4.41. The second-order valence-corrected chi connectivity index (χ2v) is 5.46. The molecule has 1 aliphatic rings. The molecule has 0 spiro atoms. The van der Waals surface area contributed by atoms with Crippen LogP contribution in [-0.2, 0) is 13.0 Å². The van der Waals surface area contributed by atoms with Gasteiger partial charge >= 0.3 is 0 Å². The Morgan fingerprint density at radius 1 is 1.47 bits per heavy atom. The van der Waals surface area contributed by atoms with Crippen molar-refractivity contribution in [1.82, 2.24) is 15.5 Å². The first-order valence-electron chi connectivity index (χ1n) is 6.43. The number of hydrogen-bond donors (Lipinski definition) is 2. The van der Waals surface area contributed by atoms with Gasteiger partial charge in [-0.2, -0.15) is 5.10 Å². The minimum absolute atomic E-state index is 0.766. The predicted molar refractivity (Wildman–Crippen MR) is 78.3 cm³/mol. The first kappa shape index (κ1) is 12.7. The van der Waals surface area contributed by atoms with E-state index in [0.29, 0.717) is 0 Å². The predicted octanol–water partition coefficient (Wildman–Crippen LogP) is 2.88.